The van der Waals surface area contributed by atoms with Crippen molar-refractivity contribution in [3.63, 3.8) is 0 Å². The second-order valence-electron chi connectivity index (χ2n) is 4.44. The summed E-state index contributed by atoms with van der Waals surface area (Å²) in [6.07, 6.45) is 0. The van der Waals surface area contributed by atoms with E-state index in [0.717, 1.165) is 10.5 Å². The van der Waals surface area contributed by atoms with Crippen molar-refractivity contribution in [2.45, 2.75) is 13.0 Å². The van der Waals surface area contributed by atoms with E-state index in [2.05, 4.69) is 21.2 Å². The lowest BCUT2D eigenvalue weighted by Gasteiger charge is -2.21. The van der Waals surface area contributed by atoms with Crippen molar-refractivity contribution in [1.82, 2.24) is 5.32 Å². The molecule has 0 aromatic heterocycles. The van der Waals surface area contributed by atoms with Gasteiger partial charge in [-0.05, 0) is 36.4 Å². The van der Waals surface area contributed by atoms with Gasteiger partial charge in [0.05, 0.1) is 6.04 Å². The molecule has 0 spiro atoms. The molecule has 0 aliphatic heterocycles. The van der Waals surface area contributed by atoms with Crippen LogP contribution in [0.3, 0.4) is 0 Å². The third-order valence-electron chi connectivity index (χ3n) is 3.03. The Balaban J connectivity index is 2.58. The monoisotopic (exact) mass is 377 g/mol. The highest BCUT2D eigenvalue weighted by Gasteiger charge is 2.22. The quantitative estimate of drug-likeness (QED) is 0.719. The van der Waals surface area contributed by atoms with Crippen molar-refractivity contribution in [3.05, 3.63) is 68.4 Å². The first-order valence-corrected chi connectivity index (χ1v) is 7.44. The second kappa shape index (κ2) is 6.81. The topological polar surface area (TPSA) is 12.0 Å². The Morgan fingerprint density at radius 1 is 1.05 bits per heavy atom. The Kier molecular flexibility index (Phi) is 5.30. The fourth-order valence-electron chi connectivity index (χ4n) is 2.09. The van der Waals surface area contributed by atoms with Crippen LogP contribution in [0.1, 0.15) is 24.1 Å². The van der Waals surface area contributed by atoms with Crippen LogP contribution in [0.5, 0.6) is 0 Å². The minimum atomic E-state index is -1.22. The number of halogens is 5. The first kappa shape index (κ1) is 16.3. The molecule has 0 bridgehead atoms. The van der Waals surface area contributed by atoms with E-state index in [1.54, 1.807) is 18.2 Å². The molecule has 1 N–H and O–H groups in total. The van der Waals surface area contributed by atoms with E-state index in [4.69, 9.17) is 11.6 Å². The van der Waals surface area contributed by atoms with Gasteiger partial charge >= 0.3 is 0 Å². The van der Waals surface area contributed by atoms with Gasteiger partial charge in [0.1, 0.15) is 5.82 Å². The lowest BCUT2D eigenvalue weighted by atomic mass is 9.97. The molecule has 0 radical (unpaired) electrons. The second-order valence-corrected chi connectivity index (χ2v) is 5.77. The van der Waals surface area contributed by atoms with E-state index >= 15 is 0 Å². The molecular weight excluding hydrogens is 367 g/mol. The van der Waals surface area contributed by atoms with Crippen LogP contribution >= 0.6 is 27.5 Å². The molecule has 2 rings (SSSR count). The maximum absolute atomic E-state index is 14.0. The van der Waals surface area contributed by atoms with Crippen molar-refractivity contribution in [2.24, 2.45) is 0 Å². The molecule has 2 aromatic carbocycles. The molecule has 1 atom stereocenters. The number of rotatable bonds is 4. The van der Waals surface area contributed by atoms with Crippen LogP contribution < -0.4 is 5.32 Å². The molecule has 0 fully saturated rings. The van der Waals surface area contributed by atoms with Crippen LogP contribution in [0.25, 0.3) is 0 Å². The van der Waals surface area contributed by atoms with E-state index < -0.39 is 23.5 Å². The Morgan fingerprint density at radius 3 is 2.38 bits per heavy atom. The highest BCUT2D eigenvalue weighted by atomic mass is 79.9. The number of hydrogen-bond acceptors (Lipinski definition) is 1. The van der Waals surface area contributed by atoms with Gasteiger partial charge in [0.25, 0.3) is 0 Å². The Morgan fingerprint density at radius 2 is 1.71 bits per heavy atom. The van der Waals surface area contributed by atoms with Crippen LogP contribution in [0, 0.1) is 17.5 Å². The molecule has 0 aliphatic carbocycles. The van der Waals surface area contributed by atoms with Crippen molar-refractivity contribution in [2.75, 3.05) is 6.54 Å². The fraction of sp³-hybridized carbons (Fsp3) is 0.200. The highest BCUT2D eigenvalue weighted by molar-refractivity contribution is 9.10. The standard InChI is InChI=1S/C15H12BrClF3N/c1-2-21-15(9-5-8(16)3-4-11(9)17)10-6-13(19)14(20)7-12(10)18/h3-7,15,21H,2H2,1H3. The van der Waals surface area contributed by atoms with Gasteiger partial charge < -0.3 is 5.32 Å². The number of benzene rings is 2. The summed E-state index contributed by atoms with van der Waals surface area (Å²) < 4.78 is 41.3. The molecule has 1 nitrogen and oxygen atoms in total. The average molecular weight is 379 g/mol. The first-order valence-electron chi connectivity index (χ1n) is 6.26. The predicted octanol–water partition coefficient (Wildman–Crippen LogP) is 5.22. The zero-order valence-corrected chi connectivity index (χ0v) is 13.4. The molecule has 1 unspecified atom stereocenters. The summed E-state index contributed by atoms with van der Waals surface area (Å²) in [6, 6.07) is 5.85. The maximum Gasteiger partial charge on any atom is 0.161 e. The smallest absolute Gasteiger partial charge is 0.161 e. The van der Waals surface area contributed by atoms with Crippen LogP contribution in [0.15, 0.2) is 34.8 Å². The maximum atomic E-state index is 14.0. The van der Waals surface area contributed by atoms with E-state index in [0.29, 0.717) is 23.2 Å². The summed E-state index contributed by atoms with van der Waals surface area (Å²) in [5.41, 5.74) is 0.591. The van der Waals surface area contributed by atoms with Gasteiger partial charge in [-0.2, -0.15) is 0 Å². The largest absolute Gasteiger partial charge is 0.306 e. The predicted molar refractivity (Wildman–Crippen MR) is 81.0 cm³/mol. The number of nitrogens with one attached hydrogen (secondary N) is 1. The van der Waals surface area contributed by atoms with E-state index in [-0.39, 0.29) is 5.56 Å². The van der Waals surface area contributed by atoms with Gasteiger partial charge in [-0.15, -0.1) is 0 Å². The van der Waals surface area contributed by atoms with Crippen molar-refractivity contribution in [3.8, 4) is 0 Å². The summed E-state index contributed by atoms with van der Waals surface area (Å²) >= 11 is 9.47. The molecule has 21 heavy (non-hydrogen) atoms. The normalized spacial score (nSPS) is 12.5. The lowest BCUT2D eigenvalue weighted by molar-refractivity contribution is 0.481. The highest BCUT2D eigenvalue weighted by Crippen LogP contribution is 2.32. The molecule has 6 heteroatoms. The molecule has 0 saturated carbocycles. The third-order valence-corrected chi connectivity index (χ3v) is 3.87. The molecule has 0 aliphatic rings. The van der Waals surface area contributed by atoms with E-state index in [1.807, 2.05) is 6.92 Å². The molecule has 0 saturated heterocycles. The van der Waals surface area contributed by atoms with Crippen molar-refractivity contribution >= 4 is 27.5 Å². The average Bonchev–Trinajstić information content (AvgIpc) is 2.43. The van der Waals surface area contributed by atoms with Gasteiger partial charge in [0.15, 0.2) is 11.6 Å². The lowest BCUT2D eigenvalue weighted by Crippen LogP contribution is -2.23. The SMILES string of the molecule is CCNC(c1cc(F)c(F)cc1F)c1cc(Br)ccc1Cl. The number of hydrogen-bond donors (Lipinski definition) is 1. The Bertz CT molecular complexity index is 664. The summed E-state index contributed by atoms with van der Waals surface area (Å²) in [6.45, 7) is 2.34. The van der Waals surface area contributed by atoms with Crippen molar-refractivity contribution < 1.29 is 13.2 Å². The van der Waals surface area contributed by atoms with Gasteiger partial charge in [-0.25, -0.2) is 13.2 Å². The van der Waals surface area contributed by atoms with Gasteiger partial charge in [-0.3, -0.25) is 0 Å². The minimum absolute atomic E-state index is 0.00995. The summed E-state index contributed by atoms with van der Waals surface area (Å²) in [5.74, 6) is -3.14. The van der Waals surface area contributed by atoms with Gasteiger partial charge in [-0.1, -0.05) is 34.5 Å². The molecular formula is C15H12BrClF3N. The van der Waals surface area contributed by atoms with Crippen LogP contribution in [0.2, 0.25) is 5.02 Å². The Labute approximate surface area is 134 Å². The van der Waals surface area contributed by atoms with E-state index in [9.17, 15) is 13.2 Å². The van der Waals surface area contributed by atoms with Crippen LogP contribution in [-0.4, -0.2) is 6.54 Å². The van der Waals surface area contributed by atoms with Crippen molar-refractivity contribution in [1.29, 1.82) is 0 Å². The van der Waals surface area contributed by atoms with Gasteiger partial charge in [0, 0.05) is 21.1 Å². The summed E-state index contributed by atoms with van der Waals surface area (Å²) in [7, 11) is 0. The molecule has 0 heterocycles. The van der Waals surface area contributed by atoms with Crippen LogP contribution in [0.4, 0.5) is 13.2 Å². The van der Waals surface area contributed by atoms with E-state index in [1.165, 1.54) is 0 Å². The minimum Gasteiger partial charge on any atom is -0.306 e. The summed E-state index contributed by atoms with van der Waals surface area (Å²) in [5, 5.41) is 3.45. The first-order chi connectivity index (χ1) is 9.93. The zero-order chi connectivity index (χ0) is 15.6. The molecule has 112 valence electrons. The third kappa shape index (κ3) is 3.59. The molecule has 0 amide bonds. The fourth-order valence-corrected chi connectivity index (χ4v) is 2.69. The molecule has 2 aromatic rings. The summed E-state index contributed by atoms with van der Waals surface area (Å²) in [4.78, 5) is 0. The van der Waals surface area contributed by atoms with Gasteiger partial charge in [0.2, 0.25) is 0 Å². The Hall–Kier alpha value is -1.04. The van der Waals surface area contributed by atoms with Crippen LogP contribution in [-0.2, 0) is 0 Å². The zero-order valence-electron chi connectivity index (χ0n) is 11.1.